The molecule has 7 rings (SSSR count). The Labute approximate surface area is 159 Å². The number of Topliss-reactive ketones (excluding diaryl/α,β-unsaturated/α-hetero) is 2. The van der Waals surface area contributed by atoms with E-state index in [4.69, 9.17) is 0 Å². The zero-order valence-electron chi connectivity index (χ0n) is 15.9. The SMILES string of the molecule is C=C1CC23CC(=O)[C@H]4[C@]56CCC[C@@]4(C)C(=O)N(CCO)[C@@H]5[C@H]2C[C@@H]1C(=O)[C@H]36. The predicted octanol–water partition coefficient (Wildman–Crippen LogP) is 1.74. The van der Waals surface area contributed by atoms with Crippen LogP contribution in [-0.2, 0) is 14.4 Å². The third-order valence-electron chi connectivity index (χ3n) is 9.68. The fraction of sp³-hybridized carbons (Fsp3) is 0.773. The number of fused-ring (bicyclic) bond motifs is 1. The van der Waals surface area contributed by atoms with Crippen molar-refractivity contribution in [3.63, 3.8) is 0 Å². The summed E-state index contributed by atoms with van der Waals surface area (Å²) in [4.78, 5) is 42.7. The van der Waals surface area contributed by atoms with Gasteiger partial charge in [-0.3, -0.25) is 14.4 Å². The molecule has 5 heteroatoms. The zero-order valence-corrected chi connectivity index (χ0v) is 15.9. The first-order chi connectivity index (χ1) is 12.8. The van der Waals surface area contributed by atoms with E-state index in [1.807, 2.05) is 11.8 Å². The minimum atomic E-state index is -0.712. The van der Waals surface area contributed by atoms with Crippen LogP contribution < -0.4 is 0 Å². The lowest BCUT2D eigenvalue weighted by Crippen LogP contribution is -2.72. The van der Waals surface area contributed by atoms with E-state index >= 15 is 0 Å². The van der Waals surface area contributed by atoms with Gasteiger partial charge in [0.05, 0.1) is 12.0 Å². The van der Waals surface area contributed by atoms with E-state index < -0.39 is 10.8 Å². The number of hydrogen-bond acceptors (Lipinski definition) is 4. The fourth-order valence-electron chi connectivity index (χ4n) is 9.43. The highest BCUT2D eigenvalue weighted by Crippen LogP contribution is 2.81. The van der Waals surface area contributed by atoms with Gasteiger partial charge in [0.2, 0.25) is 5.91 Å². The molecule has 7 aliphatic rings. The van der Waals surface area contributed by atoms with Crippen LogP contribution in [0.3, 0.4) is 0 Å². The first kappa shape index (κ1) is 16.5. The molecule has 1 aliphatic heterocycles. The highest BCUT2D eigenvalue weighted by molar-refractivity contribution is 6.01. The van der Waals surface area contributed by atoms with Crippen molar-refractivity contribution >= 4 is 17.5 Å². The Bertz CT molecular complexity index is 834. The number of nitrogens with zero attached hydrogens (tertiary/aromatic N) is 1. The van der Waals surface area contributed by atoms with E-state index in [0.29, 0.717) is 25.2 Å². The van der Waals surface area contributed by atoms with E-state index in [9.17, 15) is 19.5 Å². The number of carbonyl (C=O) groups is 3. The van der Waals surface area contributed by atoms with E-state index in [0.717, 1.165) is 31.3 Å². The monoisotopic (exact) mass is 369 g/mol. The van der Waals surface area contributed by atoms with Crippen molar-refractivity contribution < 1.29 is 19.5 Å². The number of amides is 1. The summed E-state index contributed by atoms with van der Waals surface area (Å²) in [6.45, 7) is 6.42. The minimum absolute atomic E-state index is 0.0435. The van der Waals surface area contributed by atoms with Gasteiger partial charge in [0, 0.05) is 42.2 Å². The molecule has 6 saturated carbocycles. The van der Waals surface area contributed by atoms with Gasteiger partial charge in [0.25, 0.3) is 0 Å². The third kappa shape index (κ3) is 1.42. The van der Waals surface area contributed by atoms with Gasteiger partial charge in [-0.25, -0.2) is 0 Å². The Morgan fingerprint density at radius 3 is 2.70 bits per heavy atom. The van der Waals surface area contributed by atoms with Crippen molar-refractivity contribution in [2.24, 2.45) is 39.9 Å². The average molecular weight is 369 g/mol. The van der Waals surface area contributed by atoms with Gasteiger partial charge >= 0.3 is 0 Å². The van der Waals surface area contributed by atoms with Crippen molar-refractivity contribution in [2.45, 2.75) is 51.5 Å². The number of likely N-dealkylation sites (tertiary alicyclic amines) is 1. The van der Waals surface area contributed by atoms with Crippen LogP contribution in [0, 0.1) is 39.9 Å². The number of hydrogen-bond donors (Lipinski definition) is 1. The molecule has 1 saturated heterocycles. The third-order valence-corrected chi connectivity index (χ3v) is 9.68. The summed E-state index contributed by atoms with van der Waals surface area (Å²) in [6.07, 6.45) is 4.45. The van der Waals surface area contributed by atoms with Gasteiger partial charge in [-0.1, -0.05) is 25.5 Å². The molecule has 27 heavy (non-hydrogen) atoms. The van der Waals surface area contributed by atoms with Crippen LogP contribution in [0.4, 0.5) is 0 Å². The van der Waals surface area contributed by atoms with Crippen LogP contribution in [0.1, 0.15) is 45.4 Å². The van der Waals surface area contributed by atoms with Crippen molar-refractivity contribution in [3.8, 4) is 0 Å². The topological polar surface area (TPSA) is 74.7 Å². The van der Waals surface area contributed by atoms with Crippen LogP contribution in [-0.4, -0.2) is 46.7 Å². The van der Waals surface area contributed by atoms with Gasteiger partial charge in [-0.05, 0) is 37.0 Å². The Balaban J connectivity index is 1.67. The molecule has 6 aliphatic carbocycles. The highest BCUT2D eigenvalue weighted by atomic mass is 16.3. The van der Waals surface area contributed by atoms with Gasteiger partial charge in [0.15, 0.2) is 0 Å². The maximum Gasteiger partial charge on any atom is 0.229 e. The molecule has 0 aromatic heterocycles. The number of ketones is 2. The molecule has 6 bridgehead atoms. The van der Waals surface area contributed by atoms with Crippen molar-refractivity contribution in [2.75, 3.05) is 13.2 Å². The molecular weight excluding hydrogens is 342 g/mol. The molecule has 1 unspecified atom stereocenters. The lowest BCUT2D eigenvalue weighted by Gasteiger charge is -2.64. The summed E-state index contributed by atoms with van der Waals surface area (Å²) in [5.74, 6) is 0.271. The molecule has 1 heterocycles. The molecule has 8 atom stereocenters. The molecule has 7 fully saturated rings. The molecule has 1 N–H and O–H groups in total. The molecule has 0 radical (unpaired) electrons. The van der Waals surface area contributed by atoms with Gasteiger partial charge in [0.1, 0.15) is 11.6 Å². The molecule has 1 amide bonds. The first-order valence-electron chi connectivity index (χ1n) is 10.5. The smallest absolute Gasteiger partial charge is 0.229 e. The largest absolute Gasteiger partial charge is 0.395 e. The average Bonchev–Trinajstić information content (AvgIpc) is 2.69. The number of aliphatic hydroxyl groups is 1. The number of aliphatic hydroxyl groups excluding tert-OH is 1. The summed E-state index contributed by atoms with van der Waals surface area (Å²) < 4.78 is 0. The molecule has 0 aromatic carbocycles. The lowest BCUT2D eigenvalue weighted by molar-refractivity contribution is -0.198. The molecule has 144 valence electrons. The fourth-order valence-corrected chi connectivity index (χ4v) is 9.43. The number of carbonyl (C=O) groups excluding carboxylic acids is 3. The van der Waals surface area contributed by atoms with Gasteiger partial charge < -0.3 is 10.0 Å². The maximum atomic E-state index is 13.6. The second-order valence-electron chi connectivity index (χ2n) is 10.4. The minimum Gasteiger partial charge on any atom is -0.395 e. The number of allylic oxidation sites excluding steroid dienone is 1. The lowest BCUT2D eigenvalue weighted by atomic mass is 9.39. The Hall–Kier alpha value is -1.49. The number of piperidine rings is 1. The van der Waals surface area contributed by atoms with Crippen molar-refractivity contribution in [1.29, 1.82) is 0 Å². The second-order valence-corrected chi connectivity index (χ2v) is 10.4. The number of β-amino-alcohol motifs (C(OH)–C–C–N with tert-alkyl or cyclic N) is 1. The molecule has 2 spiro atoms. The Morgan fingerprint density at radius 1 is 1.19 bits per heavy atom. The van der Waals surface area contributed by atoms with Crippen molar-refractivity contribution in [3.05, 3.63) is 12.2 Å². The Morgan fingerprint density at radius 2 is 1.96 bits per heavy atom. The second kappa shape index (κ2) is 4.56. The zero-order chi connectivity index (χ0) is 18.9. The summed E-state index contributed by atoms with van der Waals surface area (Å²) >= 11 is 0. The van der Waals surface area contributed by atoms with Crippen LogP contribution in [0.15, 0.2) is 12.2 Å². The van der Waals surface area contributed by atoms with Crippen LogP contribution in [0.5, 0.6) is 0 Å². The molecule has 5 nitrogen and oxygen atoms in total. The van der Waals surface area contributed by atoms with E-state index in [1.165, 1.54) is 0 Å². The first-order valence-corrected chi connectivity index (χ1v) is 10.5. The predicted molar refractivity (Wildman–Crippen MR) is 96.4 cm³/mol. The number of rotatable bonds is 2. The normalized spacial score (nSPS) is 54.7. The summed E-state index contributed by atoms with van der Waals surface area (Å²) in [7, 11) is 0. The highest BCUT2D eigenvalue weighted by Gasteiger charge is 2.85. The Kier molecular flexibility index (Phi) is 2.78. The quantitative estimate of drug-likeness (QED) is 0.753. The van der Waals surface area contributed by atoms with Crippen LogP contribution in [0.2, 0.25) is 0 Å². The van der Waals surface area contributed by atoms with Crippen LogP contribution >= 0.6 is 0 Å². The van der Waals surface area contributed by atoms with E-state index in [2.05, 4.69) is 6.58 Å². The standard InChI is InChI=1S/C22H27NO4/c1-11-9-21-10-14(25)16-20(2)4-3-5-22(16)17(21)15(26)12(11)8-13(21)18(22)23(6-7-24)19(20)27/h12-13,16-18,24H,1,3-10H2,2H3/t12-,13+,16+,17+,18+,20+,21?,22-/m0/s1. The van der Waals surface area contributed by atoms with Gasteiger partial charge in [-0.2, -0.15) is 0 Å². The van der Waals surface area contributed by atoms with Crippen molar-refractivity contribution in [1.82, 2.24) is 4.90 Å². The molecule has 0 aromatic rings. The summed E-state index contributed by atoms with van der Waals surface area (Å²) in [6, 6.07) is -0.0611. The summed E-state index contributed by atoms with van der Waals surface area (Å²) in [5.41, 5.74) is -0.427. The van der Waals surface area contributed by atoms with E-state index in [1.54, 1.807) is 0 Å². The molecular formula is C22H27NO4. The van der Waals surface area contributed by atoms with Crippen LogP contribution in [0.25, 0.3) is 0 Å². The van der Waals surface area contributed by atoms with E-state index in [-0.39, 0.29) is 53.4 Å². The maximum absolute atomic E-state index is 13.6. The summed E-state index contributed by atoms with van der Waals surface area (Å²) in [5, 5.41) is 9.72. The van der Waals surface area contributed by atoms with Gasteiger partial charge in [-0.15, -0.1) is 0 Å².